The summed E-state index contributed by atoms with van der Waals surface area (Å²) in [4.78, 5) is 11.7. The maximum atomic E-state index is 11.7. The van der Waals surface area contributed by atoms with Crippen LogP contribution >= 0.6 is 0 Å². The molecule has 4 unspecified atom stereocenters. The second kappa shape index (κ2) is 9.54. The molecule has 8 heteroatoms. The second-order valence-corrected chi connectivity index (χ2v) is 7.72. The number of hydrogen-bond acceptors (Lipinski definition) is 7. The van der Waals surface area contributed by atoms with Gasteiger partial charge in [-0.2, -0.15) is 0 Å². The average molecular weight is 442 g/mol. The first kappa shape index (κ1) is 23.5. The lowest BCUT2D eigenvalue weighted by Gasteiger charge is -2.44. The van der Waals surface area contributed by atoms with Gasteiger partial charge in [0.25, 0.3) is 0 Å². The van der Waals surface area contributed by atoms with E-state index in [0.29, 0.717) is 0 Å². The Morgan fingerprint density at radius 2 is 1.72 bits per heavy atom. The Morgan fingerprint density at radius 3 is 2.28 bits per heavy atom. The van der Waals surface area contributed by atoms with E-state index < -0.39 is 36.2 Å². The average Bonchev–Trinajstić information content (AvgIpc) is 2.77. The van der Waals surface area contributed by atoms with Gasteiger partial charge in [-0.1, -0.05) is 42.5 Å². The highest BCUT2D eigenvalue weighted by Crippen LogP contribution is 2.33. The number of ether oxygens (including phenoxy) is 2. The van der Waals surface area contributed by atoms with Crippen LogP contribution in [0.2, 0.25) is 0 Å². The molecule has 8 nitrogen and oxygen atoms in total. The summed E-state index contributed by atoms with van der Waals surface area (Å²) in [6, 6.07) is 13.5. The molecule has 0 saturated carbocycles. The topological polar surface area (TPSA) is 137 Å². The Bertz CT molecular complexity index is 968. The van der Waals surface area contributed by atoms with Crippen molar-refractivity contribution in [1.29, 1.82) is 0 Å². The molecule has 1 fully saturated rings. The highest BCUT2D eigenvalue weighted by Gasteiger charge is 2.57. The van der Waals surface area contributed by atoms with E-state index >= 15 is 0 Å². The number of aliphatic carboxylic acids is 1. The van der Waals surface area contributed by atoms with Gasteiger partial charge in [-0.15, -0.1) is 6.58 Å². The summed E-state index contributed by atoms with van der Waals surface area (Å²) in [5.41, 5.74) is -0.276. The highest BCUT2D eigenvalue weighted by atomic mass is 16.7. The number of rotatable bonds is 7. The lowest BCUT2D eigenvalue weighted by atomic mass is 9.88. The first-order valence-corrected chi connectivity index (χ1v) is 9.97. The van der Waals surface area contributed by atoms with E-state index in [4.69, 9.17) is 9.47 Å². The van der Waals surface area contributed by atoms with Crippen molar-refractivity contribution in [2.24, 2.45) is 0 Å². The number of phenolic OH excluding ortho intramolecular Hbond substituents is 1. The van der Waals surface area contributed by atoms with Gasteiger partial charge >= 0.3 is 5.97 Å². The Labute approximate surface area is 185 Å². The van der Waals surface area contributed by atoms with Crippen LogP contribution in [0.25, 0.3) is 6.08 Å². The molecule has 0 spiro atoms. The van der Waals surface area contributed by atoms with Gasteiger partial charge in [-0.05, 0) is 42.3 Å². The van der Waals surface area contributed by atoms with Crippen LogP contribution in [-0.2, 0) is 9.53 Å². The van der Waals surface area contributed by atoms with Crippen molar-refractivity contribution in [2.45, 2.75) is 43.0 Å². The molecule has 3 rings (SSSR count). The molecule has 32 heavy (non-hydrogen) atoms. The molecule has 0 aliphatic carbocycles. The van der Waals surface area contributed by atoms with Gasteiger partial charge in [0.2, 0.25) is 5.60 Å². The number of carbonyl (C=O) groups is 1. The molecule has 2 aromatic carbocycles. The van der Waals surface area contributed by atoms with E-state index in [1.54, 1.807) is 54.6 Å². The Hall–Kier alpha value is -3.17. The summed E-state index contributed by atoms with van der Waals surface area (Å²) < 4.78 is 10.7. The number of aliphatic hydroxyl groups excluding tert-OH is 3. The van der Waals surface area contributed by atoms with Gasteiger partial charge < -0.3 is 35.0 Å². The van der Waals surface area contributed by atoms with E-state index in [9.17, 15) is 30.3 Å². The van der Waals surface area contributed by atoms with Crippen molar-refractivity contribution in [3.63, 3.8) is 0 Å². The van der Waals surface area contributed by atoms with Crippen LogP contribution in [0.5, 0.6) is 11.5 Å². The molecule has 1 heterocycles. The van der Waals surface area contributed by atoms with Crippen molar-refractivity contribution >= 4 is 12.0 Å². The zero-order chi connectivity index (χ0) is 23.5. The number of carboxylic acids is 1. The first-order valence-electron chi connectivity index (χ1n) is 9.97. The standard InChI is InChI=1S/C24H26O8/c1-3-15(7-4-14-5-10-17(25)11-6-14)16-8-12-18(13-9-16)31-21-19(26)20(27)22(28)32-24(21,2)23(29)30/h3-13,15,19-22,25-28H,1H2,2H3,(H,29,30)/b7-4-/t15?,19?,20?,21-,22-,24?/m0/s1. The Morgan fingerprint density at radius 1 is 1.09 bits per heavy atom. The molecule has 2 aromatic rings. The van der Waals surface area contributed by atoms with Gasteiger partial charge in [0.05, 0.1) is 0 Å². The fraction of sp³-hybridized carbons (Fsp3) is 0.292. The van der Waals surface area contributed by atoms with Crippen molar-refractivity contribution in [1.82, 2.24) is 0 Å². The largest absolute Gasteiger partial charge is 0.508 e. The van der Waals surface area contributed by atoms with Crippen molar-refractivity contribution in [3.8, 4) is 11.5 Å². The molecule has 0 radical (unpaired) electrons. The molecule has 5 N–H and O–H groups in total. The first-order chi connectivity index (χ1) is 15.2. The van der Waals surface area contributed by atoms with Gasteiger partial charge in [-0.25, -0.2) is 4.79 Å². The summed E-state index contributed by atoms with van der Waals surface area (Å²) in [6.45, 7) is 5.02. The number of hydrogen-bond donors (Lipinski definition) is 5. The zero-order valence-electron chi connectivity index (χ0n) is 17.4. The van der Waals surface area contributed by atoms with E-state index in [-0.39, 0.29) is 17.4 Å². The molecular formula is C24H26O8. The molecular weight excluding hydrogens is 416 g/mol. The van der Waals surface area contributed by atoms with Crippen molar-refractivity contribution in [3.05, 3.63) is 78.4 Å². The maximum absolute atomic E-state index is 11.7. The number of aromatic hydroxyl groups is 1. The van der Waals surface area contributed by atoms with Gasteiger partial charge in [0, 0.05) is 5.92 Å². The maximum Gasteiger partial charge on any atom is 0.339 e. The minimum Gasteiger partial charge on any atom is -0.508 e. The lowest BCUT2D eigenvalue weighted by Crippen LogP contribution is -2.68. The summed E-state index contributed by atoms with van der Waals surface area (Å²) in [6.07, 6.45) is -1.14. The molecule has 1 aliphatic heterocycles. The van der Waals surface area contributed by atoms with Crippen LogP contribution in [0, 0.1) is 0 Å². The minimum absolute atomic E-state index is 0.122. The van der Waals surface area contributed by atoms with Crippen LogP contribution < -0.4 is 4.74 Å². The molecule has 1 saturated heterocycles. The second-order valence-electron chi connectivity index (χ2n) is 7.72. The number of allylic oxidation sites excluding steroid dienone is 2. The molecule has 6 atom stereocenters. The van der Waals surface area contributed by atoms with Gasteiger partial charge in [0.1, 0.15) is 23.7 Å². The normalized spacial score (nSPS) is 28.9. The number of carboxylic acid groups (broad SMARTS) is 1. The predicted octanol–water partition coefficient (Wildman–Crippen LogP) is 2.04. The van der Waals surface area contributed by atoms with E-state index in [1.807, 2.05) is 12.2 Å². The van der Waals surface area contributed by atoms with Crippen molar-refractivity contribution in [2.75, 3.05) is 0 Å². The lowest BCUT2D eigenvalue weighted by molar-refractivity contribution is -0.305. The predicted molar refractivity (Wildman–Crippen MR) is 116 cm³/mol. The van der Waals surface area contributed by atoms with Crippen LogP contribution in [0.4, 0.5) is 0 Å². The summed E-state index contributed by atoms with van der Waals surface area (Å²) >= 11 is 0. The summed E-state index contributed by atoms with van der Waals surface area (Å²) in [5, 5.41) is 48.8. The summed E-state index contributed by atoms with van der Waals surface area (Å²) in [7, 11) is 0. The van der Waals surface area contributed by atoms with Gasteiger partial charge in [-0.3, -0.25) is 0 Å². The Kier molecular flexibility index (Phi) is 7.00. The van der Waals surface area contributed by atoms with E-state index in [0.717, 1.165) is 18.1 Å². The van der Waals surface area contributed by atoms with Crippen LogP contribution in [0.1, 0.15) is 24.0 Å². The molecule has 0 amide bonds. The minimum atomic E-state index is -2.08. The third-order valence-electron chi connectivity index (χ3n) is 5.46. The zero-order valence-corrected chi connectivity index (χ0v) is 17.4. The Balaban J connectivity index is 1.77. The van der Waals surface area contributed by atoms with Crippen LogP contribution in [-0.4, -0.2) is 61.7 Å². The monoisotopic (exact) mass is 442 g/mol. The SMILES string of the molecule is C=CC(/C=C\c1ccc(O)cc1)c1ccc(O[C@H]2C(O)C(O)[C@@H](O)OC2(C)C(=O)O)cc1. The molecule has 1 aliphatic rings. The van der Waals surface area contributed by atoms with Crippen LogP contribution in [0.15, 0.2) is 67.3 Å². The fourth-order valence-corrected chi connectivity index (χ4v) is 3.46. The van der Waals surface area contributed by atoms with E-state index in [2.05, 4.69) is 6.58 Å². The van der Waals surface area contributed by atoms with Crippen molar-refractivity contribution < 1.29 is 39.8 Å². The number of phenols is 1. The quantitative estimate of drug-likeness (QED) is 0.411. The third kappa shape index (κ3) is 4.84. The van der Waals surface area contributed by atoms with Gasteiger partial charge in [0.15, 0.2) is 12.4 Å². The number of benzene rings is 2. The molecule has 0 bridgehead atoms. The van der Waals surface area contributed by atoms with E-state index in [1.165, 1.54) is 0 Å². The molecule has 170 valence electrons. The van der Waals surface area contributed by atoms with Crippen LogP contribution in [0.3, 0.4) is 0 Å². The highest BCUT2D eigenvalue weighted by molar-refractivity contribution is 5.78. The fourth-order valence-electron chi connectivity index (χ4n) is 3.46. The smallest absolute Gasteiger partial charge is 0.339 e. The third-order valence-corrected chi connectivity index (χ3v) is 5.46. The molecule has 0 aromatic heterocycles. The number of aliphatic hydroxyl groups is 3. The summed E-state index contributed by atoms with van der Waals surface area (Å²) in [5.74, 6) is -1.13.